The lowest BCUT2D eigenvalue weighted by Crippen LogP contribution is -2.49. The normalized spacial score (nSPS) is 19.0. The van der Waals surface area contributed by atoms with Gasteiger partial charge in [0.2, 0.25) is 0 Å². The van der Waals surface area contributed by atoms with Gasteiger partial charge in [0.15, 0.2) is 0 Å². The molecule has 6 nitrogen and oxygen atoms in total. The number of aryl methyl sites for hydroxylation is 1. The number of carbonyl (C=O) groups is 1. The number of carbonyl (C=O) groups excluding carboxylic acids is 1. The first-order valence-corrected chi connectivity index (χ1v) is 12.6. The third-order valence-corrected chi connectivity index (χ3v) is 8.42. The van der Waals surface area contributed by atoms with Crippen LogP contribution in [0.2, 0.25) is 0 Å². The van der Waals surface area contributed by atoms with E-state index in [1.807, 2.05) is 40.5 Å². The molecular weight excluding hydrogens is 432 g/mol. The fourth-order valence-electron chi connectivity index (χ4n) is 5.11. The van der Waals surface area contributed by atoms with Crippen molar-refractivity contribution in [1.82, 2.24) is 14.9 Å². The maximum Gasteiger partial charge on any atom is 0.253 e. The number of rotatable bonds is 3. The third kappa shape index (κ3) is 4.19. The van der Waals surface area contributed by atoms with Gasteiger partial charge in [-0.15, -0.1) is 11.3 Å². The van der Waals surface area contributed by atoms with Crippen molar-refractivity contribution >= 4 is 33.3 Å². The predicted octanol–water partition coefficient (Wildman–Crippen LogP) is 4.81. The van der Waals surface area contributed by atoms with Crippen molar-refractivity contribution in [3.05, 3.63) is 46.6 Å². The number of anilines is 1. The van der Waals surface area contributed by atoms with Crippen LogP contribution in [0.1, 0.15) is 48.0 Å². The Bertz CT molecular complexity index is 1160. The Balaban J connectivity index is 1.34. The smallest absolute Gasteiger partial charge is 0.253 e. The van der Waals surface area contributed by atoms with E-state index >= 15 is 0 Å². The highest BCUT2D eigenvalue weighted by molar-refractivity contribution is 7.19. The standard InChI is InChI=1S/C26H32N4O2S/c1-26(2,3)18-7-10-20-21(15-18)33-24-22(20)23(27-16-28-24)29-11-13-30(14-12-29)25(31)17-5-8-19(32-4)9-6-17/h5-6,8-9,16,18H,7,10-15H2,1-4H3. The second kappa shape index (κ2) is 8.60. The molecule has 0 N–H and O–H groups in total. The first-order valence-electron chi connectivity index (χ1n) is 11.8. The third-order valence-electron chi connectivity index (χ3n) is 7.25. The number of thiophene rings is 1. The lowest BCUT2D eigenvalue weighted by atomic mass is 9.72. The number of nitrogens with zero attached hydrogens (tertiary/aromatic N) is 4. The Morgan fingerprint density at radius 3 is 2.48 bits per heavy atom. The minimum Gasteiger partial charge on any atom is -0.497 e. The molecule has 7 heteroatoms. The molecule has 3 aromatic rings. The highest BCUT2D eigenvalue weighted by Gasteiger charge is 2.33. The van der Waals surface area contributed by atoms with E-state index in [4.69, 9.17) is 9.72 Å². The van der Waals surface area contributed by atoms with Crippen molar-refractivity contribution in [2.45, 2.75) is 40.0 Å². The number of methoxy groups -OCH3 is 1. The maximum atomic E-state index is 13.0. The van der Waals surface area contributed by atoms with Crippen LogP contribution in [-0.4, -0.2) is 54.1 Å². The molecule has 0 radical (unpaired) electrons. The number of piperazine rings is 1. The molecule has 2 aromatic heterocycles. The van der Waals surface area contributed by atoms with E-state index in [0.29, 0.717) is 30.0 Å². The van der Waals surface area contributed by atoms with Crippen LogP contribution in [-0.2, 0) is 12.8 Å². The molecule has 1 aliphatic carbocycles. The van der Waals surface area contributed by atoms with Crippen molar-refractivity contribution < 1.29 is 9.53 Å². The van der Waals surface area contributed by atoms with Gasteiger partial charge in [-0.25, -0.2) is 9.97 Å². The van der Waals surface area contributed by atoms with Crippen molar-refractivity contribution in [2.75, 3.05) is 38.2 Å². The van der Waals surface area contributed by atoms with Gasteiger partial charge in [-0.2, -0.15) is 0 Å². The molecule has 1 saturated heterocycles. The van der Waals surface area contributed by atoms with Gasteiger partial charge in [-0.1, -0.05) is 20.8 Å². The van der Waals surface area contributed by atoms with Gasteiger partial charge >= 0.3 is 0 Å². The van der Waals surface area contributed by atoms with E-state index in [2.05, 4.69) is 30.7 Å². The van der Waals surface area contributed by atoms with Crippen molar-refractivity contribution in [2.24, 2.45) is 11.3 Å². The van der Waals surface area contributed by atoms with Crippen LogP contribution in [0.4, 0.5) is 5.82 Å². The molecule has 33 heavy (non-hydrogen) atoms. The number of fused-ring (bicyclic) bond motifs is 3. The number of benzene rings is 1. The summed E-state index contributed by atoms with van der Waals surface area (Å²) in [7, 11) is 1.63. The van der Waals surface area contributed by atoms with E-state index in [0.717, 1.165) is 42.3 Å². The van der Waals surface area contributed by atoms with Crippen molar-refractivity contribution in [3.63, 3.8) is 0 Å². The second-order valence-electron chi connectivity index (χ2n) is 10.2. The monoisotopic (exact) mass is 464 g/mol. The Kier molecular flexibility index (Phi) is 5.77. The van der Waals surface area contributed by atoms with Crippen LogP contribution < -0.4 is 9.64 Å². The van der Waals surface area contributed by atoms with Gasteiger partial charge < -0.3 is 14.5 Å². The molecule has 0 bridgehead atoms. The summed E-state index contributed by atoms with van der Waals surface area (Å²) >= 11 is 1.85. The predicted molar refractivity (Wildman–Crippen MR) is 133 cm³/mol. The molecule has 1 atom stereocenters. The summed E-state index contributed by atoms with van der Waals surface area (Å²) in [5.41, 5.74) is 2.49. The van der Waals surface area contributed by atoms with Crippen LogP contribution in [0.5, 0.6) is 5.75 Å². The summed E-state index contributed by atoms with van der Waals surface area (Å²) in [6.07, 6.45) is 5.17. The van der Waals surface area contributed by atoms with E-state index < -0.39 is 0 Å². The number of aromatic nitrogens is 2. The molecule has 1 fully saturated rings. The fourth-order valence-corrected chi connectivity index (χ4v) is 6.37. The van der Waals surface area contributed by atoms with Gasteiger partial charge in [-0.05, 0) is 60.4 Å². The quantitative estimate of drug-likeness (QED) is 0.557. The first-order chi connectivity index (χ1) is 15.8. The second-order valence-corrected chi connectivity index (χ2v) is 11.3. The van der Waals surface area contributed by atoms with E-state index in [1.165, 1.54) is 22.2 Å². The number of amides is 1. The summed E-state index contributed by atoms with van der Waals surface area (Å²) in [5.74, 6) is 2.59. The summed E-state index contributed by atoms with van der Waals surface area (Å²) in [5, 5.41) is 1.25. The first kappa shape index (κ1) is 22.1. The van der Waals surface area contributed by atoms with Gasteiger partial charge in [0, 0.05) is 36.6 Å². The van der Waals surface area contributed by atoms with Crippen molar-refractivity contribution in [1.29, 1.82) is 0 Å². The zero-order valence-corrected chi connectivity index (χ0v) is 20.7. The summed E-state index contributed by atoms with van der Waals surface area (Å²) in [6, 6.07) is 7.35. The Labute approximate surface area is 199 Å². The average Bonchev–Trinajstić information content (AvgIpc) is 3.21. The van der Waals surface area contributed by atoms with Gasteiger partial charge in [-0.3, -0.25) is 4.79 Å². The molecular formula is C26H32N4O2S. The molecule has 1 amide bonds. The Hall–Kier alpha value is -2.67. The number of ether oxygens (including phenoxy) is 1. The van der Waals surface area contributed by atoms with E-state index in [-0.39, 0.29) is 5.91 Å². The number of hydrogen-bond acceptors (Lipinski definition) is 6. The largest absolute Gasteiger partial charge is 0.497 e. The Morgan fingerprint density at radius 2 is 1.82 bits per heavy atom. The summed E-state index contributed by atoms with van der Waals surface area (Å²) < 4.78 is 5.20. The van der Waals surface area contributed by atoms with Crippen LogP contribution in [0.3, 0.4) is 0 Å². The molecule has 1 aromatic carbocycles. The van der Waals surface area contributed by atoms with Crippen LogP contribution >= 0.6 is 11.3 Å². The zero-order valence-electron chi connectivity index (χ0n) is 19.9. The van der Waals surface area contributed by atoms with Crippen LogP contribution in [0.15, 0.2) is 30.6 Å². The highest BCUT2D eigenvalue weighted by Crippen LogP contribution is 2.44. The average molecular weight is 465 g/mol. The van der Waals surface area contributed by atoms with E-state index in [9.17, 15) is 4.79 Å². The highest BCUT2D eigenvalue weighted by atomic mass is 32.1. The molecule has 5 rings (SSSR count). The molecule has 0 saturated carbocycles. The molecule has 3 heterocycles. The lowest BCUT2D eigenvalue weighted by molar-refractivity contribution is 0.0746. The topological polar surface area (TPSA) is 58.6 Å². The summed E-state index contributed by atoms with van der Waals surface area (Å²) in [4.78, 5) is 29.2. The minimum atomic E-state index is 0.0753. The molecule has 2 aliphatic rings. The number of hydrogen-bond donors (Lipinski definition) is 0. The Morgan fingerprint density at radius 1 is 1.09 bits per heavy atom. The lowest BCUT2D eigenvalue weighted by Gasteiger charge is -2.36. The molecule has 1 unspecified atom stereocenters. The molecule has 0 spiro atoms. The van der Waals surface area contributed by atoms with Gasteiger partial charge in [0.25, 0.3) is 5.91 Å². The minimum absolute atomic E-state index is 0.0753. The summed E-state index contributed by atoms with van der Waals surface area (Å²) in [6.45, 7) is 10.0. The van der Waals surface area contributed by atoms with Crippen LogP contribution in [0.25, 0.3) is 10.2 Å². The maximum absolute atomic E-state index is 13.0. The molecule has 174 valence electrons. The molecule has 1 aliphatic heterocycles. The van der Waals surface area contributed by atoms with Gasteiger partial charge in [0.1, 0.15) is 22.7 Å². The van der Waals surface area contributed by atoms with Gasteiger partial charge in [0.05, 0.1) is 12.5 Å². The fraction of sp³-hybridized carbons (Fsp3) is 0.500. The van der Waals surface area contributed by atoms with Crippen molar-refractivity contribution in [3.8, 4) is 5.75 Å². The van der Waals surface area contributed by atoms with Crippen LogP contribution in [0, 0.1) is 11.3 Å². The van der Waals surface area contributed by atoms with E-state index in [1.54, 1.807) is 13.4 Å². The SMILES string of the molecule is COc1ccc(C(=O)N2CCN(c3ncnc4sc5c(c34)CCC(C(C)(C)C)C5)CC2)cc1. The zero-order chi connectivity index (χ0) is 23.2.